The van der Waals surface area contributed by atoms with E-state index >= 15 is 4.39 Å². The largest absolute Gasteiger partial charge is 0.381 e. The number of rotatable bonds is 2. The molecule has 3 saturated carbocycles. The highest BCUT2D eigenvalue weighted by Gasteiger charge is 2.76. The number of carbonyl (C=O) groups excluding carboxylic acids is 2. The van der Waals surface area contributed by atoms with Crippen molar-refractivity contribution < 1.29 is 23.5 Å². The Bertz CT molecular complexity index is 922. The number of hydrogen-bond acceptors (Lipinski definition) is 3. The second-order valence-electron chi connectivity index (χ2n) is 9.97. The number of fused-ring (bicyclic) bond motifs is 5. The summed E-state index contributed by atoms with van der Waals surface area (Å²) in [6.07, 6.45) is 1.15. The summed E-state index contributed by atoms with van der Waals surface area (Å²) in [5.41, 5.74) is -4.51. The Labute approximate surface area is 200 Å². The third-order valence-electron chi connectivity index (χ3n) is 8.82. The molecule has 0 aromatic rings. The summed E-state index contributed by atoms with van der Waals surface area (Å²) in [6, 6.07) is 0. The van der Waals surface area contributed by atoms with Crippen molar-refractivity contribution in [1.82, 2.24) is 0 Å². The summed E-state index contributed by atoms with van der Waals surface area (Å²) < 4.78 is 30.3. The van der Waals surface area contributed by atoms with E-state index in [1.165, 1.54) is 6.08 Å². The SMILES string of the molecule is C[C@@H]1C[C@H]2[C@@H]3C[C@H](F)C4=C(F)C(=O)C=C[C@]4(C)[C@@]3(Cl)[C@@H](Cl)C[C@]2(C)[C@@]1(O)C(=O)C(Cl)Cl. The molecular formula is C22H24Cl4F2O3. The molecule has 3 fully saturated rings. The highest BCUT2D eigenvalue weighted by Crippen LogP contribution is 2.73. The van der Waals surface area contributed by atoms with E-state index in [4.69, 9.17) is 46.4 Å². The van der Waals surface area contributed by atoms with E-state index < -0.39 is 66.9 Å². The molecular weight excluding hydrogens is 492 g/mol. The van der Waals surface area contributed by atoms with Gasteiger partial charge in [0.25, 0.3) is 0 Å². The summed E-state index contributed by atoms with van der Waals surface area (Å²) in [4.78, 5) is 22.1. The van der Waals surface area contributed by atoms with E-state index in [0.717, 1.165) is 6.08 Å². The lowest BCUT2D eigenvalue weighted by molar-refractivity contribution is -0.163. The number of ketones is 2. The molecule has 0 radical (unpaired) electrons. The second-order valence-corrected chi connectivity index (χ2v) is 12.2. The van der Waals surface area contributed by atoms with Crippen molar-refractivity contribution in [2.24, 2.45) is 28.6 Å². The minimum atomic E-state index is -1.86. The first-order chi connectivity index (χ1) is 14.2. The summed E-state index contributed by atoms with van der Waals surface area (Å²) in [5, 5.41) is 10.8. The number of Topliss-reactive ketones (excluding diaryl/α,β-unsaturated/α-hetero) is 1. The van der Waals surface area contributed by atoms with Gasteiger partial charge in [-0.2, -0.15) is 0 Å². The molecule has 4 rings (SSSR count). The zero-order valence-electron chi connectivity index (χ0n) is 17.3. The van der Waals surface area contributed by atoms with Crippen LogP contribution in [-0.2, 0) is 9.59 Å². The third kappa shape index (κ3) is 2.67. The lowest BCUT2D eigenvalue weighted by Gasteiger charge is -2.64. The summed E-state index contributed by atoms with van der Waals surface area (Å²) in [6.45, 7) is 5.10. The normalized spacial score (nSPS) is 51.6. The maximum atomic E-state index is 15.5. The van der Waals surface area contributed by atoms with E-state index in [0.29, 0.717) is 6.42 Å². The van der Waals surface area contributed by atoms with E-state index in [2.05, 4.69) is 0 Å². The molecule has 0 aliphatic heterocycles. The van der Waals surface area contributed by atoms with Crippen molar-refractivity contribution in [3.8, 4) is 0 Å². The van der Waals surface area contributed by atoms with Gasteiger partial charge < -0.3 is 5.11 Å². The van der Waals surface area contributed by atoms with Gasteiger partial charge in [-0.3, -0.25) is 9.59 Å². The van der Waals surface area contributed by atoms with Crippen molar-refractivity contribution in [3.05, 3.63) is 23.6 Å². The molecule has 3 nitrogen and oxygen atoms in total. The van der Waals surface area contributed by atoms with Crippen molar-refractivity contribution in [2.75, 3.05) is 0 Å². The fourth-order valence-corrected chi connectivity index (χ4v) is 8.78. The van der Waals surface area contributed by atoms with Gasteiger partial charge in [-0.1, -0.05) is 50.0 Å². The molecule has 31 heavy (non-hydrogen) atoms. The van der Waals surface area contributed by atoms with E-state index in [9.17, 15) is 19.1 Å². The Morgan fingerprint density at radius 1 is 1.26 bits per heavy atom. The van der Waals surface area contributed by atoms with Crippen LogP contribution in [0.2, 0.25) is 0 Å². The second kappa shape index (κ2) is 7.15. The van der Waals surface area contributed by atoms with Gasteiger partial charge in [0.15, 0.2) is 16.4 Å². The average Bonchev–Trinajstić information content (AvgIpc) is 2.88. The minimum Gasteiger partial charge on any atom is -0.381 e. The van der Waals surface area contributed by atoms with Gasteiger partial charge >= 0.3 is 0 Å². The Kier molecular flexibility index (Phi) is 5.52. The standard InChI is InChI=1S/C22H24Cl4F2O3/c1-9-6-10-11-7-12(27)15-16(28)13(29)4-5-19(15,2)21(11,26)14(23)8-20(10,3)22(9,31)17(30)18(24)25/h4-5,9-12,14,18,31H,6-8H2,1-3H3/t9-,10+,11+,12+,14+,19+,20+,21+,22+/m1/s1. The summed E-state index contributed by atoms with van der Waals surface area (Å²) in [7, 11) is 0. The van der Waals surface area contributed by atoms with Gasteiger partial charge in [-0.15, -0.1) is 23.2 Å². The van der Waals surface area contributed by atoms with Crippen molar-refractivity contribution in [1.29, 1.82) is 0 Å². The van der Waals surface area contributed by atoms with E-state index in [1.54, 1.807) is 20.8 Å². The van der Waals surface area contributed by atoms with Gasteiger partial charge in [0.1, 0.15) is 11.8 Å². The maximum absolute atomic E-state index is 15.5. The fourth-order valence-electron chi connectivity index (χ4n) is 7.26. The van der Waals surface area contributed by atoms with Crippen LogP contribution >= 0.6 is 46.4 Å². The lowest BCUT2D eigenvalue weighted by Crippen LogP contribution is -2.69. The van der Waals surface area contributed by atoms with Crippen LogP contribution < -0.4 is 0 Å². The highest BCUT2D eigenvalue weighted by atomic mass is 35.5. The fraction of sp³-hybridized carbons (Fsp3) is 0.727. The molecule has 0 amide bonds. The van der Waals surface area contributed by atoms with E-state index in [1.807, 2.05) is 0 Å². The van der Waals surface area contributed by atoms with Crippen LogP contribution in [0.3, 0.4) is 0 Å². The van der Waals surface area contributed by atoms with Crippen LogP contribution in [0.1, 0.15) is 40.0 Å². The highest BCUT2D eigenvalue weighted by molar-refractivity contribution is 6.54. The predicted octanol–water partition coefficient (Wildman–Crippen LogP) is 5.47. The van der Waals surface area contributed by atoms with Crippen LogP contribution in [0, 0.1) is 28.6 Å². The molecule has 0 heterocycles. The molecule has 0 saturated heterocycles. The maximum Gasteiger partial charge on any atom is 0.213 e. The molecule has 0 aromatic heterocycles. The number of alkyl halides is 5. The number of aliphatic hydroxyl groups is 1. The van der Waals surface area contributed by atoms with Crippen molar-refractivity contribution in [2.45, 2.75) is 66.9 Å². The Morgan fingerprint density at radius 3 is 2.45 bits per heavy atom. The Morgan fingerprint density at radius 2 is 1.87 bits per heavy atom. The summed E-state index contributed by atoms with van der Waals surface area (Å²) in [5.74, 6) is -4.19. The van der Waals surface area contributed by atoms with Gasteiger partial charge in [-0.05, 0) is 43.1 Å². The van der Waals surface area contributed by atoms with Crippen LogP contribution in [0.25, 0.3) is 0 Å². The topological polar surface area (TPSA) is 54.4 Å². The predicted molar refractivity (Wildman–Crippen MR) is 117 cm³/mol. The van der Waals surface area contributed by atoms with Crippen molar-refractivity contribution in [3.63, 3.8) is 0 Å². The molecule has 0 unspecified atom stereocenters. The zero-order chi connectivity index (χ0) is 23.3. The lowest BCUT2D eigenvalue weighted by atomic mass is 9.46. The van der Waals surface area contributed by atoms with Crippen molar-refractivity contribution >= 4 is 58.0 Å². The molecule has 172 valence electrons. The summed E-state index contributed by atoms with van der Waals surface area (Å²) >= 11 is 25.9. The quantitative estimate of drug-likeness (QED) is 0.496. The molecule has 9 atom stereocenters. The zero-order valence-corrected chi connectivity index (χ0v) is 20.3. The Balaban J connectivity index is 1.89. The van der Waals surface area contributed by atoms with Crippen LogP contribution in [0.5, 0.6) is 0 Å². The molecule has 4 aliphatic rings. The number of allylic oxidation sites excluding steroid dienone is 4. The van der Waals surface area contributed by atoms with Gasteiger partial charge in [0, 0.05) is 16.4 Å². The van der Waals surface area contributed by atoms with Crippen LogP contribution in [0.15, 0.2) is 23.6 Å². The van der Waals surface area contributed by atoms with Gasteiger partial charge in [-0.25, -0.2) is 8.78 Å². The van der Waals surface area contributed by atoms with Gasteiger partial charge in [0.05, 0.1) is 10.3 Å². The third-order valence-corrected chi connectivity index (χ3v) is 10.8. The first kappa shape index (κ1) is 23.9. The minimum absolute atomic E-state index is 0.121. The average molecular weight is 516 g/mol. The molecule has 0 bridgehead atoms. The van der Waals surface area contributed by atoms with Crippen LogP contribution in [0.4, 0.5) is 8.78 Å². The monoisotopic (exact) mass is 514 g/mol. The number of halogens is 6. The van der Waals surface area contributed by atoms with E-state index in [-0.39, 0.29) is 24.3 Å². The molecule has 9 heteroatoms. The number of carbonyl (C=O) groups is 2. The number of hydrogen-bond donors (Lipinski definition) is 1. The first-order valence-electron chi connectivity index (χ1n) is 10.3. The Hall–Kier alpha value is -0.200. The first-order valence-corrected chi connectivity index (χ1v) is 12.0. The molecule has 0 aromatic carbocycles. The smallest absolute Gasteiger partial charge is 0.213 e. The molecule has 0 spiro atoms. The van der Waals surface area contributed by atoms with Crippen LogP contribution in [-0.4, -0.2) is 43.5 Å². The van der Waals surface area contributed by atoms with Gasteiger partial charge in [0.2, 0.25) is 5.78 Å². The molecule has 1 N–H and O–H groups in total. The molecule has 4 aliphatic carbocycles.